The van der Waals surface area contributed by atoms with Crippen LogP contribution in [0.3, 0.4) is 0 Å². The van der Waals surface area contributed by atoms with Gasteiger partial charge in [-0.1, -0.05) is 0 Å². The molecule has 2 N–H and O–H groups in total. The van der Waals surface area contributed by atoms with Gasteiger partial charge in [-0.25, -0.2) is 13.9 Å². The SMILES string of the molecule is CC(Nc1ccn2ncc(-c3ccn(C(F)F)c3)c2n1)c1cc(F)ccc1OCCO. The summed E-state index contributed by atoms with van der Waals surface area (Å²) >= 11 is 0. The number of fused-ring (bicyclic) bond motifs is 1. The highest BCUT2D eigenvalue weighted by Crippen LogP contribution is 2.30. The van der Waals surface area contributed by atoms with Gasteiger partial charge in [0.2, 0.25) is 0 Å². The van der Waals surface area contributed by atoms with E-state index in [1.54, 1.807) is 29.0 Å². The monoisotopic (exact) mass is 431 g/mol. The number of aliphatic hydroxyl groups is 1. The van der Waals surface area contributed by atoms with Gasteiger partial charge < -0.3 is 15.2 Å². The fraction of sp³-hybridized carbons (Fsp3) is 0.238. The van der Waals surface area contributed by atoms with Crippen LogP contribution in [0.1, 0.15) is 25.1 Å². The van der Waals surface area contributed by atoms with Gasteiger partial charge in [0.05, 0.1) is 18.8 Å². The second kappa shape index (κ2) is 8.68. The molecule has 0 bridgehead atoms. The summed E-state index contributed by atoms with van der Waals surface area (Å²) in [5, 5.41) is 16.4. The van der Waals surface area contributed by atoms with E-state index in [0.717, 1.165) is 4.57 Å². The Morgan fingerprint density at radius 2 is 2.03 bits per heavy atom. The first-order valence-electron chi connectivity index (χ1n) is 9.56. The standard InChI is InChI=1S/C21H20F3N5O2/c1-13(16-10-15(22)2-3-18(16)31-9-8-30)26-19-5-7-29-20(27-19)17(11-25-29)14-4-6-28(12-14)21(23)24/h2-7,10-13,21,30H,8-9H2,1H3,(H,26,27). The molecule has 1 atom stereocenters. The van der Waals surface area contributed by atoms with E-state index < -0.39 is 12.4 Å². The van der Waals surface area contributed by atoms with E-state index in [2.05, 4.69) is 15.4 Å². The average molecular weight is 431 g/mol. The average Bonchev–Trinajstić information content (AvgIpc) is 3.39. The minimum absolute atomic E-state index is 0.0903. The molecule has 4 aromatic rings. The van der Waals surface area contributed by atoms with Crippen LogP contribution in [0.25, 0.3) is 16.8 Å². The van der Waals surface area contributed by atoms with Crippen LogP contribution in [0.4, 0.5) is 19.0 Å². The van der Waals surface area contributed by atoms with E-state index in [1.807, 2.05) is 6.92 Å². The van der Waals surface area contributed by atoms with Gasteiger partial charge in [0.15, 0.2) is 5.65 Å². The zero-order valence-electron chi connectivity index (χ0n) is 16.5. The maximum atomic E-state index is 13.8. The molecule has 31 heavy (non-hydrogen) atoms. The summed E-state index contributed by atoms with van der Waals surface area (Å²) in [6.07, 6.45) is 5.89. The third-order valence-corrected chi connectivity index (χ3v) is 4.77. The number of ether oxygens (including phenoxy) is 1. The molecule has 0 spiro atoms. The van der Waals surface area contributed by atoms with Crippen LogP contribution in [0.2, 0.25) is 0 Å². The summed E-state index contributed by atoms with van der Waals surface area (Å²) in [5.41, 5.74) is 2.23. The summed E-state index contributed by atoms with van der Waals surface area (Å²) in [4.78, 5) is 4.56. The van der Waals surface area contributed by atoms with Gasteiger partial charge >= 0.3 is 6.55 Å². The fourth-order valence-corrected chi connectivity index (χ4v) is 3.29. The molecule has 3 aromatic heterocycles. The Morgan fingerprint density at radius 3 is 2.77 bits per heavy atom. The van der Waals surface area contributed by atoms with E-state index in [0.29, 0.717) is 33.9 Å². The van der Waals surface area contributed by atoms with Gasteiger partial charge in [0, 0.05) is 35.3 Å². The zero-order chi connectivity index (χ0) is 22.0. The lowest BCUT2D eigenvalue weighted by Gasteiger charge is -2.19. The molecule has 0 aliphatic carbocycles. The minimum Gasteiger partial charge on any atom is -0.491 e. The molecular formula is C21H20F3N5O2. The van der Waals surface area contributed by atoms with Crippen LogP contribution in [0.5, 0.6) is 5.75 Å². The van der Waals surface area contributed by atoms with E-state index >= 15 is 0 Å². The van der Waals surface area contributed by atoms with Crippen LogP contribution >= 0.6 is 0 Å². The number of alkyl halides is 2. The topological polar surface area (TPSA) is 76.6 Å². The highest BCUT2D eigenvalue weighted by Gasteiger charge is 2.16. The molecule has 1 unspecified atom stereocenters. The maximum Gasteiger partial charge on any atom is 0.318 e. The van der Waals surface area contributed by atoms with Crippen molar-refractivity contribution in [3.05, 3.63) is 66.5 Å². The van der Waals surface area contributed by atoms with Crippen molar-refractivity contribution in [1.82, 2.24) is 19.2 Å². The first-order valence-corrected chi connectivity index (χ1v) is 9.56. The normalized spacial score (nSPS) is 12.5. The van der Waals surface area contributed by atoms with Crippen molar-refractivity contribution >= 4 is 11.5 Å². The molecule has 7 nitrogen and oxygen atoms in total. The van der Waals surface area contributed by atoms with Crippen molar-refractivity contribution in [2.24, 2.45) is 0 Å². The molecule has 0 amide bonds. The predicted octanol–water partition coefficient (Wildman–Crippen LogP) is 4.28. The Bertz CT molecular complexity index is 1190. The lowest BCUT2D eigenvalue weighted by Crippen LogP contribution is -2.12. The highest BCUT2D eigenvalue weighted by atomic mass is 19.3. The number of hydrogen-bond acceptors (Lipinski definition) is 5. The zero-order valence-corrected chi connectivity index (χ0v) is 16.5. The minimum atomic E-state index is -2.63. The van der Waals surface area contributed by atoms with Crippen LogP contribution in [0, 0.1) is 5.82 Å². The van der Waals surface area contributed by atoms with Gasteiger partial charge in [0.1, 0.15) is 24.0 Å². The predicted molar refractivity (Wildman–Crippen MR) is 109 cm³/mol. The molecule has 10 heteroatoms. The van der Waals surface area contributed by atoms with Crippen molar-refractivity contribution in [3.8, 4) is 16.9 Å². The molecule has 0 radical (unpaired) electrons. The van der Waals surface area contributed by atoms with Crippen molar-refractivity contribution in [2.75, 3.05) is 18.5 Å². The van der Waals surface area contributed by atoms with Gasteiger partial charge in [-0.05, 0) is 37.3 Å². The summed E-state index contributed by atoms with van der Waals surface area (Å²) in [5.74, 6) is 0.535. The van der Waals surface area contributed by atoms with E-state index in [9.17, 15) is 13.2 Å². The van der Waals surface area contributed by atoms with Gasteiger partial charge in [-0.2, -0.15) is 13.9 Å². The lowest BCUT2D eigenvalue weighted by molar-refractivity contribution is 0.0707. The number of aliphatic hydroxyl groups excluding tert-OH is 1. The number of nitrogens with one attached hydrogen (secondary N) is 1. The Labute approximate surface area is 175 Å². The van der Waals surface area contributed by atoms with Crippen molar-refractivity contribution < 1.29 is 23.0 Å². The van der Waals surface area contributed by atoms with Crippen molar-refractivity contribution in [3.63, 3.8) is 0 Å². The molecule has 4 rings (SSSR count). The second-order valence-electron chi connectivity index (χ2n) is 6.88. The van der Waals surface area contributed by atoms with Crippen LogP contribution in [-0.2, 0) is 0 Å². The molecule has 3 heterocycles. The third-order valence-electron chi connectivity index (χ3n) is 4.77. The number of halogens is 3. The largest absolute Gasteiger partial charge is 0.491 e. The number of nitrogens with zero attached hydrogens (tertiary/aromatic N) is 4. The van der Waals surface area contributed by atoms with Gasteiger partial charge in [0.25, 0.3) is 0 Å². The number of benzene rings is 1. The van der Waals surface area contributed by atoms with Crippen LogP contribution in [-0.4, -0.2) is 37.5 Å². The first kappa shape index (κ1) is 20.7. The Kier molecular flexibility index (Phi) is 5.81. The van der Waals surface area contributed by atoms with E-state index in [4.69, 9.17) is 9.84 Å². The first-order chi connectivity index (χ1) is 15.0. The van der Waals surface area contributed by atoms with Crippen LogP contribution < -0.4 is 10.1 Å². The molecular weight excluding hydrogens is 411 g/mol. The maximum absolute atomic E-state index is 13.8. The summed E-state index contributed by atoms with van der Waals surface area (Å²) in [6, 6.07) is 7.07. The number of anilines is 1. The number of rotatable bonds is 8. The summed E-state index contributed by atoms with van der Waals surface area (Å²) < 4.78 is 47.5. The molecule has 1 aromatic carbocycles. The van der Waals surface area contributed by atoms with Gasteiger partial charge in [-0.15, -0.1) is 0 Å². The Balaban J connectivity index is 1.63. The van der Waals surface area contributed by atoms with Crippen LogP contribution in [0.15, 0.2) is 55.1 Å². The molecule has 0 saturated carbocycles. The smallest absolute Gasteiger partial charge is 0.318 e. The highest BCUT2D eigenvalue weighted by molar-refractivity contribution is 5.77. The number of hydrogen-bond donors (Lipinski definition) is 2. The molecule has 0 fully saturated rings. The van der Waals surface area contributed by atoms with E-state index in [1.165, 1.54) is 30.6 Å². The molecule has 0 aliphatic heterocycles. The lowest BCUT2D eigenvalue weighted by atomic mass is 10.1. The molecule has 0 saturated heterocycles. The van der Waals surface area contributed by atoms with Crippen molar-refractivity contribution in [1.29, 1.82) is 0 Å². The quantitative estimate of drug-likeness (QED) is 0.436. The second-order valence-corrected chi connectivity index (χ2v) is 6.88. The molecule has 162 valence electrons. The fourth-order valence-electron chi connectivity index (χ4n) is 3.29. The van der Waals surface area contributed by atoms with E-state index in [-0.39, 0.29) is 19.3 Å². The van der Waals surface area contributed by atoms with Gasteiger partial charge in [-0.3, -0.25) is 4.57 Å². The van der Waals surface area contributed by atoms with Crippen molar-refractivity contribution in [2.45, 2.75) is 19.5 Å². The third kappa shape index (κ3) is 4.33. The summed E-state index contributed by atoms with van der Waals surface area (Å²) in [7, 11) is 0. The summed E-state index contributed by atoms with van der Waals surface area (Å²) in [6.45, 7) is -0.872. The Morgan fingerprint density at radius 1 is 1.19 bits per heavy atom. The molecule has 0 aliphatic rings. The Hall–Kier alpha value is -3.53. The number of aromatic nitrogens is 4.